The van der Waals surface area contributed by atoms with Gasteiger partial charge in [-0.25, -0.2) is 0 Å². The predicted octanol–water partition coefficient (Wildman–Crippen LogP) is 5.84. The van der Waals surface area contributed by atoms with Crippen molar-refractivity contribution < 1.29 is 37.9 Å². The lowest BCUT2D eigenvalue weighted by Crippen LogP contribution is -2.15. The van der Waals surface area contributed by atoms with Gasteiger partial charge in [0.15, 0.2) is 0 Å². The van der Waals surface area contributed by atoms with Gasteiger partial charge in [0.25, 0.3) is 0 Å². The molecular formula is C30H62O8. The van der Waals surface area contributed by atoms with Crippen molar-refractivity contribution in [1.82, 2.24) is 0 Å². The minimum Gasteiger partial charge on any atom is -0.379 e. The lowest BCUT2D eigenvalue weighted by Gasteiger charge is -2.08. The highest BCUT2D eigenvalue weighted by molar-refractivity contribution is 4.47. The molecule has 0 N–H and O–H groups in total. The van der Waals surface area contributed by atoms with Crippen LogP contribution in [-0.2, 0) is 37.9 Å². The van der Waals surface area contributed by atoms with E-state index in [1.807, 2.05) is 0 Å². The van der Waals surface area contributed by atoms with E-state index in [9.17, 15) is 0 Å². The monoisotopic (exact) mass is 550 g/mol. The predicted molar refractivity (Wildman–Crippen MR) is 153 cm³/mol. The van der Waals surface area contributed by atoms with Crippen molar-refractivity contribution in [3.63, 3.8) is 0 Å². The normalized spacial score (nSPS) is 11.5. The first-order chi connectivity index (χ1) is 18.9. The third-order valence-electron chi connectivity index (χ3n) is 5.89. The molecule has 0 saturated heterocycles. The van der Waals surface area contributed by atoms with Crippen LogP contribution < -0.4 is 0 Å². The molecule has 38 heavy (non-hydrogen) atoms. The largest absolute Gasteiger partial charge is 0.379 e. The Balaban J connectivity index is 3.01. The highest BCUT2D eigenvalue weighted by Crippen LogP contribution is 2.10. The van der Waals surface area contributed by atoms with Crippen LogP contribution in [0.15, 0.2) is 0 Å². The van der Waals surface area contributed by atoms with Crippen LogP contribution in [0.5, 0.6) is 0 Å². The zero-order valence-corrected chi connectivity index (χ0v) is 25.1. The van der Waals surface area contributed by atoms with Gasteiger partial charge in [0, 0.05) is 13.2 Å². The van der Waals surface area contributed by atoms with Crippen LogP contribution in [0.3, 0.4) is 0 Å². The van der Waals surface area contributed by atoms with Crippen LogP contribution in [0.1, 0.15) is 90.9 Å². The summed E-state index contributed by atoms with van der Waals surface area (Å²) in [6, 6.07) is 0. The van der Waals surface area contributed by atoms with E-state index in [1.54, 1.807) is 0 Å². The average molecular weight is 551 g/mol. The lowest BCUT2D eigenvalue weighted by atomic mass is 10.1. The molecule has 0 bridgehead atoms. The molecule has 0 fully saturated rings. The molecule has 8 nitrogen and oxygen atoms in total. The number of hydrogen-bond acceptors (Lipinski definition) is 8. The summed E-state index contributed by atoms with van der Waals surface area (Å²) >= 11 is 0. The fourth-order valence-corrected chi connectivity index (χ4v) is 3.58. The molecule has 0 aromatic carbocycles. The fourth-order valence-electron chi connectivity index (χ4n) is 3.58. The van der Waals surface area contributed by atoms with Crippen LogP contribution in [-0.4, -0.2) is 106 Å². The summed E-state index contributed by atoms with van der Waals surface area (Å²) in [5, 5.41) is 0. The standard InChI is InChI=1S/C30H62O8/c1-3-5-7-8-9-10-11-12-13-14-16-32-18-20-34-22-24-36-26-28-38-30-29-37-27-25-35-23-21-33-19-17-31-15-6-4-2/h3-30H2,1-2H3. The van der Waals surface area contributed by atoms with E-state index < -0.39 is 0 Å². The van der Waals surface area contributed by atoms with Gasteiger partial charge in [-0.3, -0.25) is 0 Å². The van der Waals surface area contributed by atoms with Crippen LogP contribution in [0.4, 0.5) is 0 Å². The topological polar surface area (TPSA) is 73.8 Å². The van der Waals surface area contributed by atoms with Crippen molar-refractivity contribution in [2.24, 2.45) is 0 Å². The molecule has 0 rings (SSSR count). The van der Waals surface area contributed by atoms with Crippen LogP contribution in [0.25, 0.3) is 0 Å². The van der Waals surface area contributed by atoms with E-state index in [1.165, 1.54) is 57.8 Å². The van der Waals surface area contributed by atoms with Crippen LogP contribution in [0.2, 0.25) is 0 Å². The average Bonchev–Trinajstić information content (AvgIpc) is 2.93. The van der Waals surface area contributed by atoms with Gasteiger partial charge in [0.05, 0.1) is 92.5 Å². The second-order valence-electron chi connectivity index (χ2n) is 9.43. The molecule has 0 amide bonds. The third kappa shape index (κ3) is 35.7. The molecule has 0 aliphatic heterocycles. The minimum atomic E-state index is 0.553. The summed E-state index contributed by atoms with van der Waals surface area (Å²) in [6.45, 7) is 14.3. The quantitative estimate of drug-likeness (QED) is 0.0912. The molecule has 0 spiro atoms. The first-order valence-corrected chi connectivity index (χ1v) is 15.5. The van der Waals surface area contributed by atoms with Gasteiger partial charge in [0.1, 0.15) is 0 Å². The second kappa shape index (κ2) is 36.7. The molecule has 0 aromatic heterocycles. The van der Waals surface area contributed by atoms with Gasteiger partial charge in [-0.05, 0) is 12.8 Å². The third-order valence-corrected chi connectivity index (χ3v) is 5.89. The summed E-state index contributed by atoms with van der Waals surface area (Å²) in [7, 11) is 0. The molecule has 8 heteroatoms. The van der Waals surface area contributed by atoms with Gasteiger partial charge in [-0.2, -0.15) is 0 Å². The first kappa shape index (κ1) is 37.7. The SMILES string of the molecule is CCCCCCCCCCCCOCCOCCOCCOCCOCCOCCOCCOCCCC. The van der Waals surface area contributed by atoms with E-state index in [0.29, 0.717) is 92.5 Å². The van der Waals surface area contributed by atoms with E-state index in [4.69, 9.17) is 37.9 Å². The molecule has 0 aromatic rings. The van der Waals surface area contributed by atoms with E-state index in [0.717, 1.165) is 32.5 Å². The lowest BCUT2D eigenvalue weighted by molar-refractivity contribution is -0.0232. The highest BCUT2D eigenvalue weighted by atomic mass is 16.6. The van der Waals surface area contributed by atoms with Crippen molar-refractivity contribution in [3.05, 3.63) is 0 Å². The van der Waals surface area contributed by atoms with E-state index in [2.05, 4.69) is 13.8 Å². The Kier molecular flexibility index (Phi) is 36.4. The van der Waals surface area contributed by atoms with Crippen molar-refractivity contribution in [1.29, 1.82) is 0 Å². The Morgan fingerprint density at radius 1 is 0.211 bits per heavy atom. The summed E-state index contributed by atoms with van der Waals surface area (Å²) in [4.78, 5) is 0. The summed E-state index contributed by atoms with van der Waals surface area (Å²) in [5.74, 6) is 0. The Hall–Kier alpha value is -0.320. The van der Waals surface area contributed by atoms with Gasteiger partial charge in [-0.1, -0.05) is 78.1 Å². The molecule has 0 aliphatic rings. The maximum atomic E-state index is 5.64. The molecule has 0 atom stereocenters. The second-order valence-corrected chi connectivity index (χ2v) is 9.43. The van der Waals surface area contributed by atoms with Gasteiger partial charge in [-0.15, -0.1) is 0 Å². The molecule has 0 saturated carbocycles. The van der Waals surface area contributed by atoms with Crippen molar-refractivity contribution in [3.8, 4) is 0 Å². The summed E-state index contributed by atoms with van der Waals surface area (Å²) in [5.41, 5.74) is 0. The first-order valence-electron chi connectivity index (χ1n) is 15.5. The highest BCUT2D eigenvalue weighted by Gasteiger charge is 1.96. The van der Waals surface area contributed by atoms with Crippen LogP contribution in [0, 0.1) is 0 Å². The summed E-state index contributed by atoms with van der Waals surface area (Å²) in [6.07, 6.45) is 15.8. The number of unbranched alkanes of at least 4 members (excludes halogenated alkanes) is 10. The van der Waals surface area contributed by atoms with Gasteiger partial charge in [0.2, 0.25) is 0 Å². The van der Waals surface area contributed by atoms with Gasteiger partial charge < -0.3 is 37.9 Å². The summed E-state index contributed by atoms with van der Waals surface area (Å²) < 4.78 is 44.0. The van der Waals surface area contributed by atoms with Crippen molar-refractivity contribution >= 4 is 0 Å². The molecule has 0 radical (unpaired) electrons. The Bertz CT molecular complexity index is 364. The Morgan fingerprint density at radius 3 is 0.711 bits per heavy atom. The minimum absolute atomic E-state index is 0.553. The fraction of sp³-hybridized carbons (Fsp3) is 1.00. The smallest absolute Gasteiger partial charge is 0.0701 e. The zero-order chi connectivity index (χ0) is 27.5. The zero-order valence-electron chi connectivity index (χ0n) is 25.1. The molecule has 230 valence electrons. The molecule has 0 unspecified atom stereocenters. The number of ether oxygens (including phenoxy) is 8. The maximum Gasteiger partial charge on any atom is 0.0701 e. The molecule has 0 aliphatic carbocycles. The Labute approximate surface area is 234 Å². The van der Waals surface area contributed by atoms with Crippen LogP contribution >= 0.6 is 0 Å². The number of hydrogen-bond donors (Lipinski definition) is 0. The maximum absolute atomic E-state index is 5.64. The van der Waals surface area contributed by atoms with Crippen molar-refractivity contribution in [2.75, 3.05) is 106 Å². The number of rotatable bonds is 35. The molecule has 0 heterocycles. The van der Waals surface area contributed by atoms with Crippen molar-refractivity contribution in [2.45, 2.75) is 90.9 Å². The Morgan fingerprint density at radius 2 is 0.421 bits per heavy atom. The molecular weight excluding hydrogens is 488 g/mol. The van der Waals surface area contributed by atoms with Gasteiger partial charge >= 0.3 is 0 Å². The van der Waals surface area contributed by atoms with E-state index >= 15 is 0 Å². The van der Waals surface area contributed by atoms with E-state index in [-0.39, 0.29) is 0 Å².